The van der Waals surface area contributed by atoms with Crippen LogP contribution in [-0.2, 0) is 14.3 Å². The fourth-order valence-electron chi connectivity index (χ4n) is 2.61. The van der Waals surface area contributed by atoms with Crippen molar-refractivity contribution >= 4 is 33.9 Å². The lowest BCUT2D eigenvalue weighted by molar-refractivity contribution is -0.134. The number of aryl methyl sites for hydroxylation is 1. The molecule has 0 saturated carbocycles. The number of benzene rings is 2. The van der Waals surface area contributed by atoms with Gasteiger partial charge in [-0.05, 0) is 70.7 Å². The Bertz CT molecular complexity index is 996. The molecule has 0 aliphatic carbocycles. The Hall–Kier alpha value is -3.15. The summed E-state index contributed by atoms with van der Waals surface area (Å²) < 4.78 is 16.7. The highest BCUT2D eigenvalue weighted by molar-refractivity contribution is 9.10. The Morgan fingerprint density at radius 2 is 1.91 bits per heavy atom. The molecule has 168 valence electrons. The van der Waals surface area contributed by atoms with E-state index in [0.29, 0.717) is 37.5 Å². The summed E-state index contributed by atoms with van der Waals surface area (Å²) in [6.07, 6.45) is 2.20. The Kier molecular flexibility index (Phi) is 10.4. The van der Waals surface area contributed by atoms with Gasteiger partial charge in [-0.2, -0.15) is 5.26 Å². The standard InChI is InChI=1S/C24H25BrN2O5/c1-17-5-10-22(21(25)14-17)31-12-3-4-23(28)32-20-8-6-18(7-9-20)15-19(16-26)24(29)27-11-13-30-2/h5-10,14-15H,3-4,11-13H2,1-2H3,(H,27,29)/b19-15+. The molecular formula is C24H25BrN2O5. The van der Waals surface area contributed by atoms with Crippen molar-refractivity contribution in [3.05, 3.63) is 63.6 Å². The number of hydrogen-bond donors (Lipinski definition) is 1. The Labute approximate surface area is 196 Å². The maximum absolute atomic E-state index is 12.1. The lowest BCUT2D eigenvalue weighted by atomic mass is 10.1. The molecule has 0 aliphatic rings. The quantitative estimate of drug-likeness (QED) is 0.163. The van der Waals surface area contributed by atoms with Crippen molar-refractivity contribution < 1.29 is 23.8 Å². The lowest BCUT2D eigenvalue weighted by Gasteiger charge is -2.09. The van der Waals surface area contributed by atoms with Crippen LogP contribution in [0.5, 0.6) is 11.5 Å². The van der Waals surface area contributed by atoms with Gasteiger partial charge < -0.3 is 19.5 Å². The molecule has 1 N–H and O–H groups in total. The van der Waals surface area contributed by atoms with Gasteiger partial charge in [0, 0.05) is 20.1 Å². The van der Waals surface area contributed by atoms with Crippen LogP contribution in [0.1, 0.15) is 24.0 Å². The number of halogens is 1. The average molecular weight is 501 g/mol. The molecule has 2 rings (SSSR count). The van der Waals surface area contributed by atoms with Gasteiger partial charge in [0.15, 0.2) is 0 Å². The van der Waals surface area contributed by atoms with Crippen molar-refractivity contribution in [2.24, 2.45) is 0 Å². The zero-order valence-electron chi connectivity index (χ0n) is 18.0. The molecule has 0 radical (unpaired) electrons. The summed E-state index contributed by atoms with van der Waals surface area (Å²) >= 11 is 3.45. The molecule has 2 aromatic carbocycles. The first-order valence-corrected chi connectivity index (χ1v) is 10.8. The first-order chi connectivity index (χ1) is 15.4. The first-order valence-electron chi connectivity index (χ1n) is 10.0. The van der Waals surface area contributed by atoms with E-state index in [1.807, 2.05) is 31.2 Å². The molecule has 0 unspecified atom stereocenters. The van der Waals surface area contributed by atoms with Crippen molar-refractivity contribution in [3.8, 4) is 17.6 Å². The zero-order chi connectivity index (χ0) is 23.3. The normalized spacial score (nSPS) is 10.9. The van der Waals surface area contributed by atoms with Gasteiger partial charge in [-0.15, -0.1) is 0 Å². The van der Waals surface area contributed by atoms with Crippen molar-refractivity contribution in [2.45, 2.75) is 19.8 Å². The molecule has 0 atom stereocenters. The Morgan fingerprint density at radius 3 is 2.56 bits per heavy atom. The topological polar surface area (TPSA) is 97.6 Å². The molecule has 8 heteroatoms. The molecule has 0 saturated heterocycles. The van der Waals surface area contributed by atoms with Gasteiger partial charge in [0.2, 0.25) is 0 Å². The number of esters is 1. The monoisotopic (exact) mass is 500 g/mol. The minimum Gasteiger partial charge on any atom is -0.492 e. The molecule has 0 aliphatic heterocycles. The second-order valence-corrected chi connectivity index (χ2v) is 7.70. The summed E-state index contributed by atoms with van der Waals surface area (Å²) in [5, 5.41) is 11.8. The number of nitrogens with one attached hydrogen (secondary N) is 1. The molecular weight excluding hydrogens is 476 g/mol. The number of carbonyl (C=O) groups is 2. The van der Waals surface area contributed by atoms with Crippen LogP contribution in [0.4, 0.5) is 0 Å². The van der Waals surface area contributed by atoms with Gasteiger partial charge >= 0.3 is 5.97 Å². The number of rotatable bonds is 11. The van der Waals surface area contributed by atoms with E-state index in [2.05, 4.69) is 21.2 Å². The van der Waals surface area contributed by atoms with Crippen LogP contribution in [0.3, 0.4) is 0 Å². The van der Waals surface area contributed by atoms with Crippen LogP contribution >= 0.6 is 15.9 Å². The third-order valence-corrected chi connectivity index (χ3v) is 4.87. The van der Waals surface area contributed by atoms with E-state index in [1.165, 1.54) is 13.2 Å². The number of hydrogen-bond acceptors (Lipinski definition) is 6. The van der Waals surface area contributed by atoms with Gasteiger partial charge in [-0.25, -0.2) is 0 Å². The summed E-state index contributed by atoms with van der Waals surface area (Å²) in [6, 6.07) is 14.2. The van der Waals surface area contributed by atoms with Crippen LogP contribution in [0, 0.1) is 18.3 Å². The minimum atomic E-state index is -0.472. The molecule has 1 amide bonds. The molecule has 0 heterocycles. The second-order valence-electron chi connectivity index (χ2n) is 6.85. The Morgan fingerprint density at radius 1 is 1.16 bits per heavy atom. The predicted molar refractivity (Wildman–Crippen MR) is 124 cm³/mol. The summed E-state index contributed by atoms with van der Waals surface area (Å²) in [5.41, 5.74) is 1.75. The van der Waals surface area contributed by atoms with E-state index >= 15 is 0 Å². The van der Waals surface area contributed by atoms with E-state index < -0.39 is 5.91 Å². The highest BCUT2D eigenvalue weighted by Crippen LogP contribution is 2.26. The number of nitrogens with zero attached hydrogens (tertiary/aromatic N) is 1. The number of nitriles is 1. The van der Waals surface area contributed by atoms with Crippen molar-refractivity contribution in [2.75, 3.05) is 26.9 Å². The maximum Gasteiger partial charge on any atom is 0.311 e. The minimum absolute atomic E-state index is 0.0222. The lowest BCUT2D eigenvalue weighted by Crippen LogP contribution is -2.27. The third kappa shape index (κ3) is 8.53. The third-order valence-electron chi connectivity index (χ3n) is 4.25. The maximum atomic E-state index is 12.1. The number of methoxy groups -OCH3 is 1. The van der Waals surface area contributed by atoms with Gasteiger partial charge in [-0.3, -0.25) is 9.59 Å². The molecule has 2 aromatic rings. The second kappa shape index (κ2) is 13.3. The van der Waals surface area contributed by atoms with Gasteiger partial charge in [-0.1, -0.05) is 18.2 Å². The number of carbonyl (C=O) groups excluding carboxylic acids is 2. The molecule has 0 spiro atoms. The summed E-state index contributed by atoms with van der Waals surface area (Å²) in [7, 11) is 1.53. The molecule has 7 nitrogen and oxygen atoms in total. The number of ether oxygens (including phenoxy) is 3. The van der Waals surface area contributed by atoms with E-state index in [0.717, 1.165) is 15.8 Å². The van der Waals surface area contributed by atoms with Gasteiger partial charge in [0.05, 0.1) is 17.7 Å². The average Bonchev–Trinajstić information content (AvgIpc) is 2.77. The fraction of sp³-hybridized carbons (Fsp3) is 0.292. The highest BCUT2D eigenvalue weighted by atomic mass is 79.9. The number of amides is 1. The summed E-state index contributed by atoms with van der Waals surface area (Å²) in [6.45, 7) is 3.07. The van der Waals surface area contributed by atoms with E-state index in [-0.39, 0.29) is 18.0 Å². The molecule has 32 heavy (non-hydrogen) atoms. The van der Waals surface area contributed by atoms with E-state index in [4.69, 9.17) is 14.2 Å². The smallest absolute Gasteiger partial charge is 0.311 e. The van der Waals surface area contributed by atoms with Crippen LogP contribution in [0.25, 0.3) is 6.08 Å². The van der Waals surface area contributed by atoms with Crippen molar-refractivity contribution in [1.82, 2.24) is 5.32 Å². The molecule has 0 bridgehead atoms. The predicted octanol–water partition coefficient (Wildman–Crippen LogP) is 4.19. The molecule has 0 fully saturated rings. The van der Waals surface area contributed by atoms with Crippen LogP contribution < -0.4 is 14.8 Å². The van der Waals surface area contributed by atoms with Gasteiger partial charge in [0.25, 0.3) is 5.91 Å². The fourth-order valence-corrected chi connectivity index (χ4v) is 3.22. The van der Waals surface area contributed by atoms with Crippen molar-refractivity contribution in [3.63, 3.8) is 0 Å². The first kappa shape index (κ1) is 25.1. The SMILES string of the molecule is COCCNC(=O)/C(C#N)=C/c1ccc(OC(=O)CCCOc2ccc(C)cc2Br)cc1. The van der Waals surface area contributed by atoms with Gasteiger partial charge in [0.1, 0.15) is 23.1 Å². The van der Waals surface area contributed by atoms with Crippen molar-refractivity contribution in [1.29, 1.82) is 5.26 Å². The summed E-state index contributed by atoms with van der Waals surface area (Å²) in [4.78, 5) is 24.0. The zero-order valence-corrected chi connectivity index (χ0v) is 19.6. The van der Waals surface area contributed by atoms with E-state index in [1.54, 1.807) is 24.3 Å². The largest absolute Gasteiger partial charge is 0.492 e. The van der Waals surface area contributed by atoms with Crippen LogP contribution in [0.2, 0.25) is 0 Å². The van der Waals surface area contributed by atoms with E-state index in [9.17, 15) is 14.9 Å². The molecule has 0 aromatic heterocycles. The summed E-state index contributed by atoms with van der Waals surface area (Å²) in [5.74, 6) is 0.282. The van der Waals surface area contributed by atoms with Crippen LogP contribution in [-0.4, -0.2) is 38.7 Å². The highest BCUT2D eigenvalue weighted by Gasteiger charge is 2.09. The van der Waals surface area contributed by atoms with Crippen LogP contribution in [0.15, 0.2) is 52.5 Å². The Balaban J connectivity index is 1.80.